The van der Waals surface area contributed by atoms with Crippen molar-refractivity contribution >= 4 is 28.9 Å². The van der Waals surface area contributed by atoms with Crippen LogP contribution in [0.25, 0.3) is 0 Å². The zero-order valence-corrected chi connectivity index (χ0v) is 14.2. The minimum absolute atomic E-state index is 0.0277. The summed E-state index contributed by atoms with van der Waals surface area (Å²) in [7, 11) is 0. The lowest BCUT2D eigenvalue weighted by Crippen LogP contribution is -2.07. The molecule has 6 heteroatoms. The molecule has 1 N–H and O–H groups in total. The fraction of sp³-hybridized carbons (Fsp3) is 0.538. The second-order valence-electron chi connectivity index (χ2n) is 4.62. The van der Waals surface area contributed by atoms with Gasteiger partial charge in [0, 0.05) is 0 Å². The molecule has 0 saturated carbocycles. The van der Waals surface area contributed by atoms with Crippen LogP contribution in [-0.2, 0) is 20.9 Å². The van der Waals surface area contributed by atoms with Gasteiger partial charge in [0.2, 0.25) is 0 Å². The molecule has 0 aliphatic rings. The van der Waals surface area contributed by atoms with Crippen molar-refractivity contribution in [1.29, 1.82) is 0 Å². The first-order chi connectivity index (χ1) is 8.82. The standard InChI is InChI=1S/C13H21O3PS2/c1-10(2)15-17(18,16-11(3)4)19-13(14)12-8-6-5-7-9-12/h5-11,13-14H,1-4H3. The summed E-state index contributed by atoms with van der Waals surface area (Å²) in [4.78, 5) is 0. The first-order valence-corrected chi connectivity index (χ1v) is 10.3. The molecule has 0 spiro atoms. The van der Waals surface area contributed by atoms with E-state index in [2.05, 4.69) is 0 Å². The topological polar surface area (TPSA) is 38.7 Å². The van der Waals surface area contributed by atoms with Gasteiger partial charge in [0.05, 0.1) is 12.2 Å². The van der Waals surface area contributed by atoms with Crippen LogP contribution < -0.4 is 0 Å². The summed E-state index contributed by atoms with van der Waals surface area (Å²) in [6.07, 6.45) is -0.0555. The van der Waals surface area contributed by atoms with Crippen LogP contribution in [0, 0.1) is 0 Å². The van der Waals surface area contributed by atoms with Crippen LogP contribution in [0.4, 0.5) is 0 Å². The number of rotatable bonds is 7. The summed E-state index contributed by atoms with van der Waals surface area (Å²) in [5.41, 5.74) is -2.48. The number of hydrogen-bond acceptors (Lipinski definition) is 5. The molecule has 1 rings (SSSR count). The second-order valence-corrected chi connectivity index (χ2v) is 10.8. The van der Waals surface area contributed by atoms with Crippen LogP contribution in [0.1, 0.15) is 38.7 Å². The van der Waals surface area contributed by atoms with Gasteiger partial charge < -0.3 is 14.2 Å². The Morgan fingerprint density at radius 1 is 1.05 bits per heavy atom. The maximum atomic E-state index is 10.2. The minimum Gasteiger partial charge on any atom is -0.377 e. The molecule has 19 heavy (non-hydrogen) atoms. The average molecular weight is 320 g/mol. The summed E-state index contributed by atoms with van der Waals surface area (Å²) in [5.74, 6) is 0. The summed E-state index contributed by atoms with van der Waals surface area (Å²) in [6, 6.07) is 9.40. The molecule has 1 aromatic carbocycles. The van der Waals surface area contributed by atoms with Crippen molar-refractivity contribution in [2.45, 2.75) is 45.3 Å². The quantitative estimate of drug-likeness (QED) is 0.592. The van der Waals surface area contributed by atoms with E-state index in [1.807, 2.05) is 58.0 Å². The van der Waals surface area contributed by atoms with Gasteiger partial charge in [0.15, 0.2) is 0 Å². The molecule has 0 bridgehead atoms. The third kappa shape index (κ3) is 6.39. The highest BCUT2D eigenvalue weighted by Crippen LogP contribution is 2.66. The smallest absolute Gasteiger partial charge is 0.250 e. The Kier molecular flexibility index (Phi) is 7.01. The fourth-order valence-electron chi connectivity index (χ4n) is 1.39. The lowest BCUT2D eigenvalue weighted by atomic mass is 10.2. The Hall–Kier alpha value is 0.1000. The molecule has 0 heterocycles. The molecule has 0 amide bonds. The van der Waals surface area contributed by atoms with Crippen LogP contribution >= 0.6 is 17.1 Å². The highest BCUT2D eigenvalue weighted by Gasteiger charge is 2.28. The first kappa shape index (κ1) is 17.2. The Morgan fingerprint density at radius 2 is 1.53 bits per heavy atom. The minimum atomic E-state index is -2.55. The van der Waals surface area contributed by atoms with Gasteiger partial charge in [0.1, 0.15) is 5.44 Å². The SMILES string of the molecule is CC(C)OP(=S)(OC(C)C)SC(O)c1ccccc1. The predicted octanol–water partition coefficient (Wildman–Crippen LogP) is 4.49. The molecule has 3 nitrogen and oxygen atoms in total. The van der Waals surface area contributed by atoms with Gasteiger partial charge in [-0.25, -0.2) is 0 Å². The normalized spacial score (nSPS) is 14.1. The van der Waals surface area contributed by atoms with Gasteiger partial charge in [-0.05, 0) is 56.4 Å². The Balaban J connectivity index is 2.80. The van der Waals surface area contributed by atoms with Gasteiger partial charge in [0.25, 0.3) is 5.69 Å². The van der Waals surface area contributed by atoms with Crippen molar-refractivity contribution in [3.63, 3.8) is 0 Å². The van der Waals surface area contributed by atoms with E-state index in [1.54, 1.807) is 0 Å². The first-order valence-electron chi connectivity index (χ1n) is 6.20. The van der Waals surface area contributed by atoms with Crippen LogP contribution in [0.2, 0.25) is 0 Å². The van der Waals surface area contributed by atoms with Crippen molar-refractivity contribution in [3.05, 3.63) is 35.9 Å². The summed E-state index contributed by atoms with van der Waals surface area (Å²) >= 11 is 6.69. The van der Waals surface area contributed by atoms with E-state index in [1.165, 1.54) is 11.4 Å². The Morgan fingerprint density at radius 3 is 1.95 bits per heavy atom. The highest BCUT2D eigenvalue weighted by molar-refractivity contribution is 8.67. The fourth-order valence-corrected chi connectivity index (χ4v) is 7.29. The van der Waals surface area contributed by atoms with Gasteiger partial charge in [-0.15, -0.1) is 0 Å². The van der Waals surface area contributed by atoms with Gasteiger partial charge in [-0.3, -0.25) is 0 Å². The molecule has 0 saturated heterocycles. The van der Waals surface area contributed by atoms with E-state index in [0.29, 0.717) is 0 Å². The number of hydrogen-bond donors (Lipinski definition) is 1. The van der Waals surface area contributed by atoms with Crippen molar-refractivity contribution in [2.75, 3.05) is 0 Å². The van der Waals surface area contributed by atoms with E-state index in [0.717, 1.165) is 5.56 Å². The molecular formula is C13H21O3PS2. The van der Waals surface area contributed by atoms with E-state index in [-0.39, 0.29) is 12.2 Å². The molecule has 0 aromatic heterocycles. The van der Waals surface area contributed by atoms with Crippen LogP contribution in [0.5, 0.6) is 0 Å². The Labute approximate surface area is 124 Å². The van der Waals surface area contributed by atoms with Crippen molar-refractivity contribution in [2.24, 2.45) is 0 Å². The van der Waals surface area contributed by atoms with E-state index < -0.39 is 11.1 Å². The van der Waals surface area contributed by atoms with Crippen LogP contribution in [0.3, 0.4) is 0 Å². The molecule has 1 aromatic rings. The molecule has 1 atom stereocenters. The molecule has 108 valence electrons. The monoisotopic (exact) mass is 320 g/mol. The van der Waals surface area contributed by atoms with E-state index in [4.69, 9.17) is 20.9 Å². The van der Waals surface area contributed by atoms with Crippen molar-refractivity contribution < 1.29 is 14.2 Å². The lowest BCUT2D eigenvalue weighted by molar-refractivity contribution is 0.185. The molecule has 1 unspecified atom stereocenters. The number of aliphatic hydroxyl groups excluding tert-OH is 1. The molecule has 0 fully saturated rings. The number of benzene rings is 1. The largest absolute Gasteiger partial charge is 0.377 e. The molecule has 0 radical (unpaired) electrons. The van der Waals surface area contributed by atoms with E-state index >= 15 is 0 Å². The third-order valence-corrected chi connectivity index (χ3v) is 7.26. The van der Waals surface area contributed by atoms with Crippen LogP contribution in [0.15, 0.2) is 30.3 Å². The molecule has 0 aliphatic heterocycles. The lowest BCUT2D eigenvalue weighted by Gasteiger charge is -2.27. The summed E-state index contributed by atoms with van der Waals surface area (Å²) in [6.45, 7) is 7.67. The van der Waals surface area contributed by atoms with Crippen LogP contribution in [-0.4, -0.2) is 17.3 Å². The zero-order chi connectivity index (χ0) is 14.5. The van der Waals surface area contributed by atoms with Crippen molar-refractivity contribution in [1.82, 2.24) is 0 Å². The Bertz CT molecular complexity index is 409. The maximum absolute atomic E-state index is 10.2. The third-order valence-electron chi connectivity index (χ3n) is 1.99. The second kappa shape index (κ2) is 7.77. The van der Waals surface area contributed by atoms with Gasteiger partial charge in [-0.2, -0.15) is 0 Å². The zero-order valence-electron chi connectivity index (χ0n) is 11.6. The molecular weight excluding hydrogens is 299 g/mol. The van der Waals surface area contributed by atoms with Crippen molar-refractivity contribution in [3.8, 4) is 0 Å². The van der Waals surface area contributed by atoms with Gasteiger partial charge in [-0.1, -0.05) is 30.3 Å². The van der Waals surface area contributed by atoms with Gasteiger partial charge >= 0.3 is 0 Å². The number of aliphatic hydroxyl groups is 1. The summed E-state index contributed by atoms with van der Waals surface area (Å²) in [5, 5.41) is 10.2. The summed E-state index contributed by atoms with van der Waals surface area (Å²) < 4.78 is 11.5. The highest BCUT2D eigenvalue weighted by atomic mass is 32.9. The predicted molar refractivity (Wildman–Crippen MR) is 85.7 cm³/mol. The molecule has 0 aliphatic carbocycles. The average Bonchev–Trinajstić information content (AvgIpc) is 2.27. The van der Waals surface area contributed by atoms with E-state index in [9.17, 15) is 5.11 Å². The maximum Gasteiger partial charge on any atom is 0.250 e.